The summed E-state index contributed by atoms with van der Waals surface area (Å²) in [4.78, 5) is 14.8. The Morgan fingerprint density at radius 3 is 2.75 bits per heavy atom. The number of hydrogen-bond acceptors (Lipinski definition) is 4. The highest BCUT2D eigenvalue weighted by molar-refractivity contribution is 5.98. The number of aliphatic hydroxyl groups is 1. The molecule has 2 aliphatic heterocycles. The van der Waals surface area contributed by atoms with Gasteiger partial charge in [0.2, 0.25) is 6.79 Å². The molecular formula is C22H22N2O4. The van der Waals surface area contributed by atoms with Crippen LogP contribution in [0.25, 0.3) is 10.9 Å². The number of aryl methyl sites for hydroxylation is 1. The number of carbonyl (C=O) groups excluding carboxylic acids is 1. The molecule has 6 heteroatoms. The number of aromatic nitrogens is 1. The Bertz CT molecular complexity index is 1060. The Kier molecular flexibility index (Phi) is 4.02. The summed E-state index contributed by atoms with van der Waals surface area (Å²) in [5.74, 6) is 1.40. The van der Waals surface area contributed by atoms with Crippen LogP contribution in [0.15, 0.2) is 48.5 Å². The summed E-state index contributed by atoms with van der Waals surface area (Å²) >= 11 is 0. The average Bonchev–Trinajstić information content (AvgIpc) is 3.31. The first-order valence-electron chi connectivity index (χ1n) is 9.53. The third kappa shape index (κ3) is 2.72. The van der Waals surface area contributed by atoms with E-state index in [1.165, 1.54) is 0 Å². The van der Waals surface area contributed by atoms with Crippen LogP contribution in [-0.4, -0.2) is 46.5 Å². The van der Waals surface area contributed by atoms with Crippen LogP contribution in [0.4, 0.5) is 0 Å². The molecule has 6 nitrogen and oxygen atoms in total. The number of carbonyl (C=O) groups is 1. The first kappa shape index (κ1) is 17.1. The zero-order chi connectivity index (χ0) is 19.3. The molecule has 2 aliphatic rings. The molecule has 3 aromatic rings. The van der Waals surface area contributed by atoms with Gasteiger partial charge in [-0.25, -0.2) is 0 Å². The monoisotopic (exact) mass is 378 g/mol. The van der Waals surface area contributed by atoms with Gasteiger partial charge < -0.3 is 24.0 Å². The van der Waals surface area contributed by atoms with E-state index < -0.39 is 6.10 Å². The van der Waals surface area contributed by atoms with Crippen LogP contribution in [0.1, 0.15) is 28.4 Å². The minimum Gasteiger partial charge on any atom is -0.454 e. The van der Waals surface area contributed by atoms with Crippen LogP contribution in [0.5, 0.6) is 11.5 Å². The Labute approximate surface area is 162 Å². The van der Waals surface area contributed by atoms with E-state index in [0.29, 0.717) is 25.2 Å². The van der Waals surface area contributed by atoms with Gasteiger partial charge in [-0.3, -0.25) is 4.79 Å². The predicted molar refractivity (Wildman–Crippen MR) is 105 cm³/mol. The second-order valence-corrected chi connectivity index (χ2v) is 7.47. The minimum absolute atomic E-state index is 0.0222. The maximum absolute atomic E-state index is 13.1. The Morgan fingerprint density at radius 1 is 1.11 bits per heavy atom. The number of β-amino-alcohol motifs (C(OH)–C–C–N with tert-alkyl or cyclic N) is 1. The normalized spacial score (nSPS) is 21.3. The topological polar surface area (TPSA) is 63.9 Å². The molecule has 0 unspecified atom stereocenters. The quantitative estimate of drug-likeness (QED) is 0.745. The summed E-state index contributed by atoms with van der Waals surface area (Å²) in [7, 11) is 1.91. The number of benzene rings is 2. The van der Waals surface area contributed by atoms with Gasteiger partial charge in [0, 0.05) is 37.0 Å². The first-order chi connectivity index (χ1) is 13.6. The van der Waals surface area contributed by atoms with Crippen LogP contribution < -0.4 is 9.47 Å². The molecule has 1 saturated heterocycles. The predicted octanol–water partition coefficient (Wildman–Crippen LogP) is 2.90. The van der Waals surface area contributed by atoms with Crippen LogP contribution in [-0.2, 0) is 7.05 Å². The van der Waals surface area contributed by atoms with Crippen molar-refractivity contribution in [1.29, 1.82) is 0 Å². The molecule has 2 atom stereocenters. The first-order valence-corrected chi connectivity index (χ1v) is 9.53. The maximum atomic E-state index is 13.1. The van der Waals surface area contributed by atoms with E-state index in [-0.39, 0.29) is 18.6 Å². The molecule has 1 N–H and O–H groups in total. The SMILES string of the molecule is Cn1c(C(=O)N2CC[C@@H](c3ccc4c(c3)OCO4)[C@H](O)C2)cc2ccccc21. The fourth-order valence-electron chi connectivity index (χ4n) is 4.30. The van der Waals surface area contributed by atoms with E-state index in [4.69, 9.17) is 9.47 Å². The molecule has 0 radical (unpaired) electrons. The van der Waals surface area contributed by atoms with E-state index in [9.17, 15) is 9.90 Å². The Hall–Kier alpha value is -2.99. The van der Waals surface area contributed by atoms with Gasteiger partial charge in [0.15, 0.2) is 11.5 Å². The number of piperidine rings is 1. The van der Waals surface area contributed by atoms with Gasteiger partial charge in [-0.05, 0) is 36.2 Å². The van der Waals surface area contributed by atoms with Crippen LogP contribution in [0, 0.1) is 0 Å². The fourth-order valence-corrected chi connectivity index (χ4v) is 4.30. The number of amides is 1. The maximum Gasteiger partial charge on any atom is 0.270 e. The van der Waals surface area contributed by atoms with Crippen molar-refractivity contribution in [3.05, 3.63) is 59.8 Å². The number of para-hydroxylation sites is 1. The second kappa shape index (κ2) is 6.56. The van der Waals surface area contributed by atoms with Gasteiger partial charge in [0.1, 0.15) is 5.69 Å². The van der Waals surface area contributed by atoms with E-state index in [2.05, 4.69) is 0 Å². The zero-order valence-electron chi connectivity index (χ0n) is 15.7. The lowest BCUT2D eigenvalue weighted by Crippen LogP contribution is -2.46. The number of hydrogen-bond donors (Lipinski definition) is 1. The highest BCUT2D eigenvalue weighted by atomic mass is 16.7. The standard InChI is InChI=1S/C22H22N2O4/c1-23-17-5-3-2-4-15(17)10-18(23)22(26)24-9-8-16(19(25)12-24)14-6-7-20-21(11-14)28-13-27-20/h2-7,10-11,16,19,25H,8-9,12-13H2,1H3/t16-,19+/m0/s1. The van der Waals surface area contributed by atoms with Gasteiger partial charge in [0.05, 0.1) is 6.10 Å². The molecule has 2 aromatic carbocycles. The van der Waals surface area contributed by atoms with E-state index in [1.807, 2.05) is 60.1 Å². The van der Waals surface area contributed by atoms with Gasteiger partial charge in [-0.2, -0.15) is 0 Å². The van der Waals surface area contributed by atoms with Crippen LogP contribution >= 0.6 is 0 Å². The molecule has 0 spiro atoms. The molecule has 5 rings (SSSR count). The number of likely N-dealkylation sites (tertiary alicyclic amines) is 1. The number of ether oxygens (including phenoxy) is 2. The van der Waals surface area contributed by atoms with Gasteiger partial charge in [-0.15, -0.1) is 0 Å². The van der Waals surface area contributed by atoms with Gasteiger partial charge >= 0.3 is 0 Å². The molecule has 1 amide bonds. The van der Waals surface area contributed by atoms with E-state index >= 15 is 0 Å². The molecule has 1 aromatic heterocycles. The van der Waals surface area contributed by atoms with Crippen LogP contribution in [0.2, 0.25) is 0 Å². The molecular weight excluding hydrogens is 356 g/mol. The fraction of sp³-hybridized carbons (Fsp3) is 0.318. The Morgan fingerprint density at radius 2 is 1.93 bits per heavy atom. The number of nitrogens with zero attached hydrogens (tertiary/aromatic N) is 2. The van der Waals surface area contributed by atoms with Gasteiger partial charge in [0.25, 0.3) is 5.91 Å². The summed E-state index contributed by atoms with van der Waals surface area (Å²) in [6.07, 6.45) is 0.0870. The summed E-state index contributed by atoms with van der Waals surface area (Å²) < 4.78 is 12.7. The third-order valence-corrected chi connectivity index (χ3v) is 5.86. The van der Waals surface area contributed by atoms with E-state index in [1.54, 1.807) is 4.90 Å². The number of aliphatic hydroxyl groups excluding tert-OH is 1. The zero-order valence-corrected chi connectivity index (χ0v) is 15.7. The van der Waals surface area contributed by atoms with E-state index in [0.717, 1.165) is 28.0 Å². The van der Waals surface area contributed by atoms with Gasteiger partial charge in [-0.1, -0.05) is 24.3 Å². The third-order valence-electron chi connectivity index (χ3n) is 5.86. The molecule has 144 valence electrons. The summed E-state index contributed by atoms with van der Waals surface area (Å²) in [5.41, 5.74) is 2.70. The molecule has 1 fully saturated rings. The lowest BCUT2D eigenvalue weighted by atomic mass is 9.87. The highest BCUT2D eigenvalue weighted by Crippen LogP contribution is 2.37. The summed E-state index contributed by atoms with van der Waals surface area (Å²) in [6.45, 7) is 1.16. The van der Waals surface area contributed by atoms with Crippen molar-refractivity contribution in [1.82, 2.24) is 9.47 Å². The highest BCUT2D eigenvalue weighted by Gasteiger charge is 2.33. The molecule has 3 heterocycles. The summed E-state index contributed by atoms with van der Waals surface area (Å²) in [5, 5.41) is 11.8. The number of fused-ring (bicyclic) bond motifs is 2. The smallest absolute Gasteiger partial charge is 0.270 e. The van der Waals surface area contributed by atoms with Crippen molar-refractivity contribution < 1.29 is 19.4 Å². The second-order valence-electron chi connectivity index (χ2n) is 7.47. The molecule has 0 bridgehead atoms. The summed E-state index contributed by atoms with van der Waals surface area (Å²) in [6, 6.07) is 15.7. The largest absolute Gasteiger partial charge is 0.454 e. The molecule has 28 heavy (non-hydrogen) atoms. The van der Waals surface area contributed by atoms with Crippen molar-refractivity contribution >= 4 is 16.8 Å². The van der Waals surface area contributed by atoms with Crippen molar-refractivity contribution in [2.45, 2.75) is 18.4 Å². The van der Waals surface area contributed by atoms with Crippen LogP contribution in [0.3, 0.4) is 0 Å². The lowest BCUT2D eigenvalue weighted by Gasteiger charge is -2.36. The van der Waals surface area contributed by atoms with Crippen molar-refractivity contribution in [2.24, 2.45) is 7.05 Å². The molecule has 0 saturated carbocycles. The molecule has 0 aliphatic carbocycles. The van der Waals surface area contributed by atoms with Crippen molar-refractivity contribution in [3.63, 3.8) is 0 Å². The average molecular weight is 378 g/mol. The number of rotatable bonds is 2. The Balaban J connectivity index is 1.35. The minimum atomic E-state index is -0.618. The van der Waals surface area contributed by atoms with Crippen molar-refractivity contribution in [2.75, 3.05) is 19.9 Å². The lowest BCUT2D eigenvalue weighted by molar-refractivity contribution is 0.0375. The van der Waals surface area contributed by atoms with Crippen molar-refractivity contribution in [3.8, 4) is 11.5 Å².